The number of aromatic carboxylic acids is 1. The van der Waals surface area contributed by atoms with Gasteiger partial charge in [-0.3, -0.25) is 19.8 Å². The third kappa shape index (κ3) is 3.58. The lowest BCUT2D eigenvalue weighted by Crippen LogP contribution is -2.35. The van der Waals surface area contributed by atoms with Crippen molar-refractivity contribution in [2.24, 2.45) is 5.50 Å². The third-order valence-electron chi connectivity index (χ3n) is 3.08. The minimum Gasteiger partial charge on any atom is -0.477 e. The molecule has 0 amide bonds. The zero-order valence-electron chi connectivity index (χ0n) is 11.1. The number of rotatable bonds is 5. The third-order valence-corrected chi connectivity index (χ3v) is 3.50. The molecular formula is C10H14N3O8P. The van der Waals surface area contributed by atoms with E-state index in [1.54, 1.807) is 0 Å². The molecule has 1 aliphatic rings. The molecule has 0 bridgehead atoms. The molecule has 0 radical (unpaired) electrons. The molecule has 1 aromatic heterocycles. The SMILES string of the molecule is NP(O)OC[C@H]1O[C@@H](n2cc(C(=O)O)c(=O)[nH]c2=O)C[C@@H]1O. The Hall–Kier alpha value is -1.62. The second-order valence-electron chi connectivity index (χ2n) is 4.55. The molecular weight excluding hydrogens is 321 g/mol. The molecule has 22 heavy (non-hydrogen) atoms. The van der Waals surface area contributed by atoms with Gasteiger partial charge in [0.2, 0.25) is 8.53 Å². The van der Waals surface area contributed by atoms with E-state index in [2.05, 4.69) is 0 Å². The molecule has 1 fully saturated rings. The summed E-state index contributed by atoms with van der Waals surface area (Å²) >= 11 is 0. The molecule has 2 rings (SSSR count). The summed E-state index contributed by atoms with van der Waals surface area (Å²) in [7, 11) is -2.11. The lowest BCUT2D eigenvalue weighted by Gasteiger charge is -2.16. The first-order valence-electron chi connectivity index (χ1n) is 6.08. The first kappa shape index (κ1) is 16.7. The van der Waals surface area contributed by atoms with Gasteiger partial charge in [0.25, 0.3) is 5.56 Å². The van der Waals surface area contributed by atoms with Gasteiger partial charge < -0.3 is 24.4 Å². The minimum atomic E-state index is -2.11. The molecule has 1 unspecified atom stereocenters. The number of carboxylic acid groups (broad SMARTS) is 1. The standard InChI is InChI=1S/C10H14N3O8P/c11-22(19)20-3-6-5(14)1-7(21-6)13-2-4(9(16)17)8(15)12-10(13)18/h2,5-7,14,19H,1,3,11H2,(H,16,17)(H,12,15,18)/t5-,6+,7+,22?/m0/s1. The first-order valence-corrected chi connectivity index (χ1v) is 7.36. The number of ether oxygens (including phenoxy) is 1. The molecule has 0 spiro atoms. The maximum Gasteiger partial charge on any atom is 0.342 e. The Kier molecular flexibility index (Phi) is 5.06. The molecule has 0 aliphatic carbocycles. The zero-order valence-corrected chi connectivity index (χ0v) is 12.0. The van der Waals surface area contributed by atoms with E-state index in [0.717, 1.165) is 10.8 Å². The van der Waals surface area contributed by atoms with Gasteiger partial charge in [-0.25, -0.2) is 9.59 Å². The number of nitrogens with two attached hydrogens (primary N) is 1. The van der Waals surface area contributed by atoms with Crippen LogP contribution in [-0.2, 0) is 9.26 Å². The second kappa shape index (κ2) is 6.65. The molecule has 11 nitrogen and oxygen atoms in total. The van der Waals surface area contributed by atoms with Crippen LogP contribution in [0.25, 0.3) is 0 Å². The highest BCUT2D eigenvalue weighted by Crippen LogP contribution is 2.30. The second-order valence-corrected chi connectivity index (χ2v) is 5.41. The largest absolute Gasteiger partial charge is 0.477 e. The average molecular weight is 335 g/mol. The van der Waals surface area contributed by atoms with E-state index in [4.69, 9.17) is 24.8 Å². The van der Waals surface area contributed by atoms with E-state index in [0.29, 0.717) is 0 Å². The number of H-pyrrole nitrogens is 1. The maximum absolute atomic E-state index is 11.7. The van der Waals surface area contributed by atoms with Gasteiger partial charge in [0.05, 0.1) is 12.7 Å². The molecule has 1 aliphatic heterocycles. The number of aliphatic hydroxyl groups excluding tert-OH is 1. The Morgan fingerprint density at radius 3 is 2.86 bits per heavy atom. The lowest BCUT2D eigenvalue weighted by molar-refractivity contribution is -0.0407. The number of nitrogens with one attached hydrogen (secondary N) is 1. The van der Waals surface area contributed by atoms with Crippen molar-refractivity contribution in [2.75, 3.05) is 6.61 Å². The van der Waals surface area contributed by atoms with Crippen LogP contribution in [0, 0.1) is 0 Å². The molecule has 1 saturated heterocycles. The van der Waals surface area contributed by atoms with Crippen LogP contribution < -0.4 is 16.8 Å². The fourth-order valence-electron chi connectivity index (χ4n) is 2.04. The number of carboxylic acids is 1. The van der Waals surface area contributed by atoms with E-state index >= 15 is 0 Å². The summed E-state index contributed by atoms with van der Waals surface area (Å²) in [5, 5.41) is 18.7. The van der Waals surface area contributed by atoms with Crippen molar-refractivity contribution in [3.05, 3.63) is 32.6 Å². The van der Waals surface area contributed by atoms with Gasteiger partial charge in [0.15, 0.2) is 0 Å². The quantitative estimate of drug-likeness (QED) is 0.384. The number of carbonyl (C=O) groups is 1. The topological polar surface area (TPSA) is 177 Å². The molecule has 1 aromatic rings. The van der Waals surface area contributed by atoms with E-state index in [9.17, 15) is 19.5 Å². The van der Waals surface area contributed by atoms with Crippen molar-refractivity contribution in [2.45, 2.75) is 24.9 Å². The highest BCUT2D eigenvalue weighted by molar-refractivity contribution is 7.43. The zero-order chi connectivity index (χ0) is 16.4. The van der Waals surface area contributed by atoms with Crippen LogP contribution in [0.1, 0.15) is 23.0 Å². The summed E-state index contributed by atoms with van der Waals surface area (Å²) in [6, 6.07) is 0. The summed E-state index contributed by atoms with van der Waals surface area (Å²) in [5.41, 5.74) is 2.54. The summed E-state index contributed by atoms with van der Waals surface area (Å²) in [6.07, 6.45) is -2.00. The van der Waals surface area contributed by atoms with E-state index in [1.807, 2.05) is 4.98 Å². The Labute approximate surface area is 123 Å². The predicted octanol–water partition coefficient (Wildman–Crippen LogP) is -1.92. The minimum absolute atomic E-state index is 0.0209. The van der Waals surface area contributed by atoms with Crippen LogP contribution in [0.5, 0.6) is 0 Å². The van der Waals surface area contributed by atoms with Gasteiger partial charge in [-0.2, -0.15) is 0 Å². The van der Waals surface area contributed by atoms with Crippen molar-refractivity contribution in [3.63, 3.8) is 0 Å². The Balaban J connectivity index is 2.23. The Morgan fingerprint density at radius 2 is 2.27 bits per heavy atom. The maximum atomic E-state index is 11.7. The van der Waals surface area contributed by atoms with Crippen molar-refractivity contribution in [1.29, 1.82) is 0 Å². The number of aromatic amines is 1. The van der Waals surface area contributed by atoms with Crippen LogP contribution in [0.2, 0.25) is 0 Å². The molecule has 12 heteroatoms. The van der Waals surface area contributed by atoms with Crippen LogP contribution in [-0.4, -0.2) is 49.4 Å². The monoisotopic (exact) mass is 335 g/mol. The van der Waals surface area contributed by atoms with E-state index < -0.39 is 49.7 Å². The smallest absolute Gasteiger partial charge is 0.342 e. The molecule has 122 valence electrons. The summed E-state index contributed by atoms with van der Waals surface area (Å²) < 4.78 is 11.0. The van der Waals surface area contributed by atoms with Crippen LogP contribution >= 0.6 is 8.53 Å². The molecule has 6 N–H and O–H groups in total. The number of hydrogen-bond acceptors (Lipinski definition) is 8. The predicted molar refractivity (Wildman–Crippen MR) is 72.1 cm³/mol. The van der Waals surface area contributed by atoms with Crippen molar-refractivity contribution in [3.8, 4) is 0 Å². The van der Waals surface area contributed by atoms with Gasteiger partial charge in [-0.15, -0.1) is 0 Å². The van der Waals surface area contributed by atoms with Gasteiger partial charge in [-0.1, -0.05) is 0 Å². The molecule has 4 atom stereocenters. The number of aromatic nitrogens is 2. The number of nitrogens with zero attached hydrogens (tertiary/aromatic N) is 1. The summed E-state index contributed by atoms with van der Waals surface area (Å²) in [4.78, 5) is 44.8. The summed E-state index contributed by atoms with van der Waals surface area (Å²) in [6.45, 7) is -0.194. The highest BCUT2D eigenvalue weighted by atomic mass is 31.2. The van der Waals surface area contributed by atoms with E-state index in [-0.39, 0.29) is 13.0 Å². The lowest BCUT2D eigenvalue weighted by atomic mass is 10.2. The van der Waals surface area contributed by atoms with Crippen molar-refractivity contribution >= 4 is 14.5 Å². The van der Waals surface area contributed by atoms with Crippen LogP contribution in [0.15, 0.2) is 15.8 Å². The van der Waals surface area contributed by atoms with Crippen molar-refractivity contribution < 1.29 is 29.2 Å². The fourth-order valence-corrected chi connectivity index (χ4v) is 2.34. The Bertz CT molecular complexity index is 671. The van der Waals surface area contributed by atoms with Gasteiger partial charge >= 0.3 is 11.7 Å². The van der Waals surface area contributed by atoms with Gasteiger partial charge in [0, 0.05) is 12.6 Å². The molecule has 0 aromatic carbocycles. The highest BCUT2D eigenvalue weighted by Gasteiger charge is 2.36. The average Bonchev–Trinajstić information content (AvgIpc) is 2.77. The molecule has 2 heterocycles. The van der Waals surface area contributed by atoms with E-state index in [1.165, 1.54) is 0 Å². The number of aliphatic hydroxyl groups is 1. The Morgan fingerprint density at radius 1 is 1.59 bits per heavy atom. The number of hydrogen-bond donors (Lipinski definition) is 5. The van der Waals surface area contributed by atoms with Gasteiger partial charge in [-0.05, 0) is 0 Å². The molecule has 0 saturated carbocycles. The first-order chi connectivity index (χ1) is 10.3. The van der Waals surface area contributed by atoms with Crippen LogP contribution in [0.3, 0.4) is 0 Å². The normalized spacial score (nSPS) is 26.0. The van der Waals surface area contributed by atoms with Gasteiger partial charge in [0.1, 0.15) is 17.9 Å². The fraction of sp³-hybridized carbons (Fsp3) is 0.500. The van der Waals surface area contributed by atoms with Crippen LogP contribution in [0.4, 0.5) is 0 Å². The summed E-state index contributed by atoms with van der Waals surface area (Å²) in [5.74, 6) is -1.50. The van der Waals surface area contributed by atoms with Crippen molar-refractivity contribution in [1.82, 2.24) is 9.55 Å².